The van der Waals surface area contributed by atoms with Gasteiger partial charge in [-0.05, 0) is 19.1 Å². The summed E-state index contributed by atoms with van der Waals surface area (Å²) in [5.41, 5.74) is 0.763. The molecule has 2 atom stereocenters. The second kappa shape index (κ2) is 4.47. The monoisotopic (exact) mass is 258 g/mol. The Kier molecular flexibility index (Phi) is 2.79. The third kappa shape index (κ3) is 1.89. The Labute approximate surface area is 111 Å². The van der Waals surface area contributed by atoms with Gasteiger partial charge in [-0.15, -0.1) is 0 Å². The maximum absolute atomic E-state index is 12.0. The van der Waals surface area contributed by atoms with Crippen molar-refractivity contribution in [1.29, 1.82) is 5.26 Å². The Morgan fingerprint density at radius 3 is 2.74 bits per heavy atom. The van der Waals surface area contributed by atoms with Crippen LogP contribution in [0.4, 0.5) is 5.69 Å². The van der Waals surface area contributed by atoms with E-state index in [1.165, 1.54) is 0 Å². The number of amides is 1. The van der Waals surface area contributed by atoms with Crippen molar-refractivity contribution in [2.75, 3.05) is 18.1 Å². The highest BCUT2D eigenvalue weighted by Gasteiger charge is 2.38. The summed E-state index contributed by atoms with van der Waals surface area (Å²) >= 11 is 0. The maximum atomic E-state index is 12.0. The topological polar surface area (TPSA) is 62.6 Å². The molecule has 2 aliphatic rings. The number of anilines is 1. The zero-order valence-corrected chi connectivity index (χ0v) is 10.6. The molecule has 0 N–H and O–H groups in total. The first kappa shape index (κ1) is 11.8. The number of fused-ring (bicyclic) bond motifs is 1. The van der Waals surface area contributed by atoms with E-state index in [0.29, 0.717) is 24.7 Å². The third-order valence-electron chi connectivity index (χ3n) is 3.62. The quantitative estimate of drug-likeness (QED) is 0.769. The largest absolute Gasteiger partial charge is 0.486 e. The average Bonchev–Trinajstić information content (AvgIpc) is 2.73. The fourth-order valence-corrected chi connectivity index (χ4v) is 2.58. The molecule has 0 saturated carbocycles. The SMILES string of the molecule is CC1C(C#N)CC(=O)N1c1ccc2c(c1)OCCO2. The Morgan fingerprint density at radius 1 is 1.32 bits per heavy atom. The van der Waals surface area contributed by atoms with Gasteiger partial charge in [0.2, 0.25) is 5.91 Å². The summed E-state index contributed by atoms with van der Waals surface area (Å²) < 4.78 is 11.0. The number of hydrogen-bond acceptors (Lipinski definition) is 4. The molecule has 0 bridgehead atoms. The molecule has 1 aromatic rings. The van der Waals surface area contributed by atoms with Crippen LogP contribution in [-0.2, 0) is 4.79 Å². The third-order valence-corrected chi connectivity index (χ3v) is 3.62. The highest BCUT2D eigenvalue weighted by atomic mass is 16.6. The number of nitrogens with zero attached hydrogens (tertiary/aromatic N) is 2. The van der Waals surface area contributed by atoms with Crippen molar-refractivity contribution in [1.82, 2.24) is 0 Å². The summed E-state index contributed by atoms with van der Waals surface area (Å²) in [6, 6.07) is 7.53. The van der Waals surface area contributed by atoms with Crippen molar-refractivity contribution >= 4 is 11.6 Å². The van der Waals surface area contributed by atoms with Crippen molar-refractivity contribution in [2.45, 2.75) is 19.4 Å². The smallest absolute Gasteiger partial charge is 0.228 e. The summed E-state index contributed by atoms with van der Waals surface area (Å²) in [6.45, 7) is 2.96. The second-order valence-corrected chi connectivity index (χ2v) is 4.77. The van der Waals surface area contributed by atoms with Gasteiger partial charge in [0.15, 0.2) is 11.5 Å². The molecule has 1 aromatic carbocycles. The van der Waals surface area contributed by atoms with E-state index in [1.807, 2.05) is 25.1 Å². The van der Waals surface area contributed by atoms with Crippen LogP contribution < -0.4 is 14.4 Å². The minimum atomic E-state index is -0.249. The van der Waals surface area contributed by atoms with E-state index in [2.05, 4.69) is 6.07 Å². The number of carbonyl (C=O) groups is 1. The van der Waals surface area contributed by atoms with Gasteiger partial charge in [-0.2, -0.15) is 5.26 Å². The molecule has 2 aliphatic heterocycles. The van der Waals surface area contributed by atoms with Gasteiger partial charge in [0.1, 0.15) is 13.2 Å². The van der Waals surface area contributed by atoms with E-state index in [4.69, 9.17) is 14.7 Å². The van der Waals surface area contributed by atoms with Gasteiger partial charge in [-0.3, -0.25) is 4.79 Å². The van der Waals surface area contributed by atoms with Crippen molar-refractivity contribution in [2.24, 2.45) is 5.92 Å². The van der Waals surface area contributed by atoms with E-state index < -0.39 is 0 Å². The molecule has 3 rings (SSSR count). The Hall–Kier alpha value is -2.22. The Bertz CT molecular complexity index is 564. The standard InChI is InChI=1S/C14H14N2O3/c1-9-10(8-15)6-14(17)16(9)11-2-3-12-13(7-11)19-5-4-18-12/h2-3,7,9-10H,4-6H2,1H3. The van der Waals surface area contributed by atoms with Crippen molar-refractivity contribution < 1.29 is 14.3 Å². The fraction of sp³-hybridized carbons (Fsp3) is 0.429. The van der Waals surface area contributed by atoms with Crippen LogP contribution >= 0.6 is 0 Å². The second-order valence-electron chi connectivity index (χ2n) is 4.77. The van der Waals surface area contributed by atoms with Gasteiger partial charge in [0, 0.05) is 18.2 Å². The molecule has 1 saturated heterocycles. The number of nitriles is 1. The van der Waals surface area contributed by atoms with E-state index >= 15 is 0 Å². The van der Waals surface area contributed by atoms with E-state index in [0.717, 1.165) is 5.69 Å². The molecule has 0 spiro atoms. The molecule has 0 radical (unpaired) electrons. The number of rotatable bonds is 1. The predicted molar refractivity (Wildman–Crippen MR) is 68.1 cm³/mol. The van der Waals surface area contributed by atoms with Crippen LogP contribution in [0, 0.1) is 17.2 Å². The zero-order chi connectivity index (χ0) is 13.4. The normalized spacial score (nSPS) is 25.3. The minimum Gasteiger partial charge on any atom is -0.486 e. The molecule has 2 unspecified atom stereocenters. The molecular weight excluding hydrogens is 244 g/mol. The van der Waals surface area contributed by atoms with Gasteiger partial charge in [0.25, 0.3) is 0 Å². The average molecular weight is 258 g/mol. The number of carbonyl (C=O) groups excluding carboxylic acids is 1. The first-order chi connectivity index (χ1) is 9.20. The van der Waals surface area contributed by atoms with Gasteiger partial charge >= 0.3 is 0 Å². The first-order valence-corrected chi connectivity index (χ1v) is 6.32. The van der Waals surface area contributed by atoms with Gasteiger partial charge in [-0.25, -0.2) is 0 Å². The Morgan fingerprint density at radius 2 is 2.05 bits per heavy atom. The van der Waals surface area contributed by atoms with E-state index in [9.17, 15) is 4.79 Å². The molecule has 5 nitrogen and oxygen atoms in total. The van der Waals surface area contributed by atoms with Crippen molar-refractivity contribution in [3.63, 3.8) is 0 Å². The van der Waals surface area contributed by atoms with Crippen LogP contribution in [0.2, 0.25) is 0 Å². The summed E-state index contributed by atoms with van der Waals surface area (Å²) in [4.78, 5) is 13.7. The van der Waals surface area contributed by atoms with Crippen molar-refractivity contribution in [3.8, 4) is 17.6 Å². The van der Waals surface area contributed by atoms with Gasteiger partial charge in [-0.1, -0.05) is 0 Å². The lowest BCUT2D eigenvalue weighted by molar-refractivity contribution is -0.117. The summed E-state index contributed by atoms with van der Waals surface area (Å²) in [6.07, 6.45) is 0.284. The molecule has 1 fully saturated rings. The summed E-state index contributed by atoms with van der Waals surface area (Å²) in [7, 11) is 0. The Balaban J connectivity index is 1.94. The van der Waals surface area contributed by atoms with Crippen molar-refractivity contribution in [3.05, 3.63) is 18.2 Å². The van der Waals surface area contributed by atoms with E-state index in [1.54, 1.807) is 4.90 Å². The van der Waals surface area contributed by atoms with E-state index in [-0.39, 0.29) is 24.3 Å². The summed E-state index contributed by atoms with van der Waals surface area (Å²) in [5, 5.41) is 9.04. The molecule has 19 heavy (non-hydrogen) atoms. The summed E-state index contributed by atoms with van der Waals surface area (Å²) in [5.74, 6) is 1.09. The zero-order valence-electron chi connectivity index (χ0n) is 10.6. The van der Waals surface area contributed by atoms with Gasteiger partial charge in [0.05, 0.1) is 18.0 Å². The van der Waals surface area contributed by atoms with Gasteiger partial charge < -0.3 is 14.4 Å². The molecule has 2 heterocycles. The number of ether oxygens (including phenoxy) is 2. The van der Waals surface area contributed by atoms with Crippen LogP contribution in [0.3, 0.4) is 0 Å². The highest BCUT2D eigenvalue weighted by molar-refractivity contribution is 5.97. The molecule has 0 aromatic heterocycles. The van der Waals surface area contributed by atoms with Crippen LogP contribution in [0.1, 0.15) is 13.3 Å². The van der Waals surface area contributed by atoms with Crippen LogP contribution in [0.5, 0.6) is 11.5 Å². The van der Waals surface area contributed by atoms with Crippen LogP contribution in [-0.4, -0.2) is 25.2 Å². The number of benzene rings is 1. The lowest BCUT2D eigenvalue weighted by Crippen LogP contribution is -2.32. The lowest BCUT2D eigenvalue weighted by atomic mass is 10.0. The molecule has 1 amide bonds. The molecule has 0 aliphatic carbocycles. The first-order valence-electron chi connectivity index (χ1n) is 6.32. The predicted octanol–water partition coefficient (Wildman–Crippen LogP) is 1.72. The maximum Gasteiger partial charge on any atom is 0.228 e. The van der Waals surface area contributed by atoms with Crippen LogP contribution in [0.25, 0.3) is 0 Å². The molecular formula is C14H14N2O3. The number of hydrogen-bond donors (Lipinski definition) is 0. The molecule has 98 valence electrons. The van der Waals surface area contributed by atoms with Crippen LogP contribution in [0.15, 0.2) is 18.2 Å². The highest BCUT2D eigenvalue weighted by Crippen LogP contribution is 2.37. The fourth-order valence-electron chi connectivity index (χ4n) is 2.58. The lowest BCUT2D eigenvalue weighted by Gasteiger charge is -2.25. The molecule has 5 heteroatoms. The minimum absolute atomic E-state index is 0.0178.